The SMILES string of the molecule is Cc1ccc(C(CN)Oc2ccc3c(c2)CCCC3)o1. The summed E-state index contributed by atoms with van der Waals surface area (Å²) in [4.78, 5) is 0. The van der Waals surface area contributed by atoms with E-state index < -0.39 is 0 Å². The highest BCUT2D eigenvalue weighted by Crippen LogP contribution is 2.28. The summed E-state index contributed by atoms with van der Waals surface area (Å²) in [7, 11) is 0. The fraction of sp³-hybridized carbons (Fsp3) is 0.412. The summed E-state index contributed by atoms with van der Waals surface area (Å²) >= 11 is 0. The molecule has 1 heterocycles. The van der Waals surface area contributed by atoms with Gasteiger partial charge >= 0.3 is 0 Å². The molecule has 3 nitrogen and oxygen atoms in total. The van der Waals surface area contributed by atoms with Crippen LogP contribution in [0.3, 0.4) is 0 Å². The maximum Gasteiger partial charge on any atom is 0.168 e. The molecule has 0 spiro atoms. The van der Waals surface area contributed by atoms with E-state index >= 15 is 0 Å². The third-order valence-corrected chi connectivity index (χ3v) is 3.89. The molecule has 2 aromatic rings. The van der Waals surface area contributed by atoms with Gasteiger partial charge in [-0.2, -0.15) is 0 Å². The standard InChI is InChI=1S/C17H21NO2/c1-12-6-9-16(19-12)17(11-18)20-15-8-7-13-4-2-3-5-14(13)10-15/h6-10,17H,2-5,11,18H2,1H3. The first-order valence-corrected chi connectivity index (χ1v) is 7.31. The molecule has 3 rings (SSSR count). The highest BCUT2D eigenvalue weighted by Gasteiger charge is 2.17. The Kier molecular flexibility index (Phi) is 3.79. The van der Waals surface area contributed by atoms with Crippen molar-refractivity contribution < 1.29 is 9.15 Å². The van der Waals surface area contributed by atoms with E-state index in [-0.39, 0.29) is 6.10 Å². The van der Waals surface area contributed by atoms with Gasteiger partial charge < -0.3 is 14.9 Å². The summed E-state index contributed by atoms with van der Waals surface area (Å²) in [5.41, 5.74) is 8.69. The zero-order valence-corrected chi connectivity index (χ0v) is 11.9. The van der Waals surface area contributed by atoms with Crippen LogP contribution in [0.4, 0.5) is 0 Å². The van der Waals surface area contributed by atoms with Crippen molar-refractivity contribution in [2.75, 3.05) is 6.54 Å². The van der Waals surface area contributed by atoms with Crippen LogP contribution in [0.5, 0.6) is 5.75 Å². The molecule has 1 aromatic heterocycles. The smallest absolute Gasteiger partial charge is 0.168 e. The van der Waals surface area contributed by atoms with Crippen LogP contribution in [0.2, 0.25) is 0 Å². The van der Waals surface area contributed by atoms with Gasteiger partial charge in [-0.1, -0.05) is 6.07 Å². The Hall–Kier alpha value is -1.74. The van der Waals surface area contributed by atoms with Crippen LogP contribution in [0.1, 0.15) is 41.6 Å². The molecular weight excluding hydrogens is 250 g/mol. The van der Waals surface area contributed by atoms with Gasteiger partial charge in [0.1, 0.15) is 17.3 Å². The predicted octanol–water partition coefficient (Wildman–Crippen LogP) is 3.55. The number of ether oxygens (including phenoxy) is 1. The van der Waals surface area contributed by atoms with Crippen molar-refractivity contribution in [3.63, 3.8) is 0 Å². The lowest BCUT2D eigenvalue weighted by molar-refractivity contribution is 0.182. The lowest BCUT2D eigenvalue weighted by atomic mass is 9.92. The van der Waals surface area contributed by atoms with Crippen LogP contribution >= 0.6 is 0 Å². The average Bonchev–Trinajstić information content (AvgIpc) is 2.91. The molecule has 20 heavy (non-hydrogen) atoms. The first-order valence-electron chi connectivity index (χ1n) is 7.31. The third-order valence-electron chi connectivity index (χ3n) is 3.89. The molecule has 2 N–H and O–H groups in total. The van der Waals surface area contributed by atoms with Crippen molar-refractivity contribution in [1.82, 2.24) is 0 Å². The second kappa shape index (κ2) is 5.71. The van der Waals surface area contributed by atoms with Crippen LogP contribution in [0.25, 0.3) is 0 Å². The van der Waals surface area contributed by atoms with Gasteiger partial charge in [0.25, 0.3) is 0 Å². The second-order valence-electron chi connectivity index (χ2n) is 5.43. The normalized spacial score (nSPS) is 15.7. The van der Waals surface area contributed by atoms with Crippen LogP contribution in [-0.4, -0.2) is 6.54 Å². The van der Waals surface area contributed by atoms with Crippen molar-refractivity contribution >= 4 is 0 Å². The van der Waals surface area contributed by atoms with E-state index in [2.05, 4.69) is 12.1 Å². The van der Waals surface area contributed by atoms with Gasteiger partial charge in [0, 0.05) is 6.54 Å². The number of aryl methyl sites for hydroxylation is 3. The van der Waals surface area contributed by atoms with Gasteiger partial charge in [-0.25, -0.2) is 0 Å². The lowest BCUT2D eigenvalue weighted by Gasteiger charge is -2.19. The van der Waals surface area contributed by atoms with Crippen molar-refractivity contribution in [3.05, 3.63) is 53.0 Å². The van der Waals surface area contributed by atoms with E-state index in [0.29, 0.717) is 6.54 Å². The van der Waals surface area contributed by atoms with Crippen LogP contribution in [0.15, 0.2) is 34.7 Å². The zero-order valence-electron chi connectivity index (χ0n) is 11.9. The van der Waals surface area contributed by atoms with E-state index in [0.717, 1.165) is 23.7 Å². The summed E-state index contributed by atoms with van der Waals surface area (Å²) in [5, 5.41) is 0. The molecule has 0 amide bonds. The molecule has 3 heteroatoms. The molecule has 0 radical (unpaired) electrons. The molecule has 1 aliphatic carbocycles. The van der Waals surface area contributed by atoms with Crippen molar-refractivity contribution in [2.45, 2.75) is 38.7 Å². The summed E-state index contributed by atoms with van der Waals surface area (Å²) in [6, 6.07) is 10.3. The van der Waals surface area contributed by atoms with Gasteiger partial charge in [-0.15, -0.1) is 0 Å². The maximum atomic E-state index is 6.01. The Morgan fingerprint density at radius 3 is 2.65 bits per heavy atom. The number of benzene rings is 1. The Morgan fingerprint density at radius 1 is 1.15 bits per heavy atom. The number of furan rings is 1. The van der Waals surface area contributed by atoms with Crippen molar-refractivity contribution in [2.24, 2.45) is 5.73 Å². The number of nitrogens with two attached hydrogens (primary N) is 1. The lowest BCUT2D eigenvalue weighted by Crippen LogP contribution is -2.18. The minimum Gasteiger partial charge on any atom is -0.481 e. The molecule has 1 atom stereocenters. The van der Waals surface area contributed by atoms with Gasteiger partial charge in [0.15, 0.2) is 6.10 Å². The Labute approximate surface area is 119 Å². The van der Waals surface area contributed by atoms with E-state index in [9.17, 15) is 0 Å². The van der Waals surface area contributed by atoms with Crippen LogP contribution in [-0.2, 0) is 12.8 Å². The Morgan fingerprint density at radius 2 is 1.95 bits per heavy atom. The number of fused-ring (bicyclic) bond motifs is 1. The molecule has 106 valence electrons. The minimum absolute atomic E-state index is 0.217. The van der Waals surface area contributed by atoms with Gasteiger partial charge in [-0.3, -0.25) is 0 Å². The first kappa shape index (κ1) is 13.3. The molecule has 1 aliphatic rings. The molecule has 0 aliphatic heterocycles. The molecule has 1 unspecified atom stereocenters. The van der Waals surface area contributed by atoms with Gasteiger partial charge in [-0.05, 0) is 68.0 Å². The summed E-state index contributed by atoms with van der Waals surface area (Å²) in [6.45, 7) is 2.33. The molecule has 1 aromatic carbocycles. The van der Waals surface area contributed by atoms with E-state index in [1.54, 1.807) is 0 Å². The fourth-order valence-corrected chi connectivity index (χ4v) is 2.80. The summed E-state index contributed by atoms with van der Waals surface area (Å²) in [5.74, 6) is 2.56. The van der Waals surface area contributed by atoms with Crippen molar-refractivity contribution in [1.29, 1.82) is 0 Å². The monoisotopic (exact) mass is 271 g/mol. The number of hydrogen-bond acceptors (Lipinski definition) is 3. The number of hydrogen-bond donors (Lipinski definition) is 1. The first-order chi connectivity index (χ1) is 9.76. The largest absolute Gasteiger partial charge is 0.481 e. The molecule has 0 saturated carbocycles. The van der Waals surface area contributed by atoms with E-state index in [1.165, 1.54) is 30.4 Å². The van der Waals surface area contributed by atoms with Gasteiger partial charge in [0.2, 0.25) is 0 Å². The molecule has 0 saturated heterocycles. The quantitative estimate of drug-likeness (QED) is 0.925. The average molecular weight is 271 g/mol. The van der Waals surface area contributed by atoms with Crippen molar-refractivity contribution in [3.8, 4) is 5.75 Å². The minimum atomic E-state index is -0.217. The predicted molar refractivity (Wildman–Crippen MR) is 79.0 cm³/mol. The van der Waals surface area contributed by atoms with Crippen LogP contribution in [0, 0.1) is 6.92 Å². The number of rotatable bonds is 4. The molecule has 0 fully saturated rings. The van der Waals surface area contributed by atoms with E-state index in [4.69, 9.17) is 14.9 Å². The highest BCUT2D eigenvalue weighted by atomic mass is 16.5. The maximum absolute atomic E-state index is 6.01. The summed E-state index contributed by atoms with van der Waals surface area (Å²) in [6.07, 6.45) is 4.69. The molecule has 0 bridgehead atoms. The zero-order chi connectivity index (χ0) is 13.9. The topological polar surface area (TPSA) is 48.4 Å². The Balaban J connectivity index is 1.79. The Bertz CT molecular complexity index is 588. The van der Waals surface area contributed by atoms with Crippen LogP contribution < -0.4 is 10.5 Å². The third kappa shape index (κ3) is 2.73. The molecular formula is C17H21NO2. The fourth-order valence-electron chi connectivity index (χ4n) is 2.80. The highest BCUT2D eigenvalue weighted by molar-refractivity contribution is 5.37. The second-order valence-corrected chi connectivity index (χ2v) is 5.43. The summed E-state index contributed by atoms with van der Waals surface area (Å²) < 4.78 is 11.6. The van der Waals surface area contributed by atoms with Gasteiger partial charge in [0.05, 0.1) is 0 Å². The van der Waals surface area contributed by atoms with E-state index in [1.807, 2.05) is 25.1 Å².